The van der Waals surface area contributed by atoms with Gasteiger partial charge in [0.2, 0.25) is 5.91 Å². The number of esters is 1. The number of benzene rings is 1. The number of hydrazone groups is 1. The highest BCUT2D eigenvalue weighted by molar-refractivity contribution is 6.43. The Bertz CT molecular complexity index is 642. The molecule has 0 aromatic heterocycles. The molecule has 7 nitrogen and oxygen atoms in total. The lowest BCUT2D eigenvalue weighted by molar-refractivity contribution is -0.121. The van der Waals surface area contributed by atoms with E-state index in [0.29, 0.717) is 0 Å². The summed E-state index contributed by atoms with van der Waals surface area (Å²) < 4.78 is 17.7. The molecule has 8 heteroatoms. The molecular formula is C13H12FN3O4. The third-order valence-corrected chi connectivity index (χ3v) is 2.80. The number of carbonyl (C=O) groups is 3. The number of hydrogen-bond donors (Lipinski definition) is 2. The highest BCUT2D eigenvalue weighted by atomic mass is 19.1. The zero-order valence-corrected chi connectivity index (χ0v) is 11.1. The Hall–Kier alpha value is -2.77. The molecule has 110 valence electrons. The van der Waals surface area contributed by atoms with Gasteiger partial charge in [0.1, 0.15) is 11.5 Å². The standard InChI is InChI=1S/C13H12FN3O4/c1-21-13(20)8-6-7(14)2-3-9(8)15-12(19)10-4-5-11(18)17-16-10/h2-3,6H,4-5H2,1H3,(H,15,19)(H,17,18). The number of hydrogen-bond acceptors (Lipinski definition) is 5. The Morgan fingerprint density at radius 1 is 1.38 bits per heavy atom. The van der Waals surface area contributed by atoms with Gasteiger partial charge in [0.25, 0.3) is 5.91 Å². The summed E-state index contributed by atoms with van der Waals surface area (Å²) in [6, 6.07) is 3.32. The van der Waals surface area contributed by atoms with Crippen molar-refractivity contribution in [2.45, 2.75) is 12.8 Å². The van der Waals surface area contributed by atoms with E-state index in [1.807, 2.05) is 0 Å². The molecule has 2 rings (SSSR count). The van der Waals surface area contributed by atoms with E-state index < -0.39 is 17.7 Å². The average molecular weight is 293 g/mol. The molecule has 0 saturated carbocycles. The van der Waals surface area contributed by atoms with Gasteiger partial charge >= 0.3 is 5.97 Å². The smallest absolute Gasteiger partial charge is 0.340 e. The predicted octanol–water partition coefficient (Wildman–Crippen LogP) is 0.817. The summed E-state index contributed by atoms with van der Waals surface area (Å²) in [5.41, 5.74) is 2.31. The lowest BCUT2D eigenvalue weighted by atomic mass is 10.1. The van der Waals surface area contributed by atoms with Crippen LogP contribution in [0.3, 0.4) is 0 Å². The number of amides is 2. The lowest BCUT2D eigenvalue weighted by Gasteiger charge is -2.13. The maximum atomic E-state index is 13.2. The summed E-state index contributed by atoms with van der Waals surface area (Å²) in [4.78, 5) is 34.5. The summed E-state index contributed by atoms with van der Waals surface area (Å²) in [6.07, 6.45) is 0.339. The Kier molecular flexibility index (Phi) is 4.27. The monoisotopic (exact) mass is 293 g/mol. The number of nitrogens with one attached hydrogen (secondary N) is 2. The van der Waals surface area contributed by atoms with Crippen LogP contribution in [0.2, 0.25) is 0 Å². The topological polar surface area (TPSA) is 96.9 Å². The highest BCUT2D eigenvalue weighted by Gasteiger charge is 2.21. The van der Waals surface area contributed by atoms with E-state index in [9.17, 15) is 18.8 Å². The van der Waals surface area contributed by atoms with Crippen molar-refractivity contribution < 1.29 is 23.5 Å². The summed E-state index contributed by atoms with van der Waals surface area (Å²) >= 11 is 0. The molecule has 2 N–H and O–H groups in total. The molecule has 0 radical (unpaired) electrons. The number of rotatable bonds is 3. The van der Waals surface area contributed by atoms with Gasteiger partial charge in [-0.05, 0) is 18.2 Å². The fourth-order valence-corrected chi connectivity index (χ4v) is 1.74. The van der Waals surface area contributed by atoms with Crippen molar-refractivity contribution in [3.63, 3.8) is 0 Å². The van der Waals surface area contributed by atoms with E-state index in [4.69, 9.17) is 0 Å². The molecule has 0 atom stereocenters. The predicted molar refractivity (Wildman–Crippen MR) is 71.2 cm³/mol. The molecule has 1 aromatic carbocycles. The summed E-state index contributed by atoms with van der Waals surface area (Å²) in [5.74, 6) is -2.25. The van der Waals surface area contributed by atoms with Gasteiger partial charge < -0.3 is 10.1 Å². The maximum Gasteiger partial charge on any atom is 0.340 e. The minimum atomic E-state index is -0.774. The van der Waals surface area contributed by atoms with Crippen LogP contribution >= 0.6 is 0 Å². The third kappa shape index (κ3) is 3.41. The number of carbonyl (C=O) groups excluding carboxylic acids is 3. The molecule has 0 spiro atoms. The van der Waals surface area contributed by atoms with Crippen LogP contribution in [0.4, 0.5) is 10.1 Å². The molecule has 21 heavy (non-hydrogen) atoms. The van der Waals surface area contributed by atoms with E-state index in [2.05, 4.69) is 20.6 Å². The van der Waals surface area contributed by atoms with Crippen molar-refractivity contribution in [1.82, 2.24) is 5.43 Å². The quantitative estimate of drug-likeness (QED) is 0.806. The molecule has 0 unspecified atom stereocenters. The fraction of sp³-hybridized carbons (Fsp3) is 0.231. The second-order valence-corrected chi connectivity index (χ2v) is 4.23. The Labute approximate surface area is 119 Å². The molecule has 0 aliphatic carbocycles. The minimum Gasteiger partial charge on any atom is -0.465 e. The summed E-state index contributed by atoms with van der Waals surface area (Å²) in [6.45, 7) is 0. The van der Waals surface area contributed by atoms with Crippen molar-refractivity contribution in [1.29, 1.82) is 0 Å². The zero-order chi connectivity index (χ0) is 15.4. The van der Waals surface area contributed by atoms with Crippen LogP contribution < -0.4 is 10.7 Å². The van der Waals surface area contributed by atoms with Crippen molar-refractivity contribution in [2.75, 3.05) is 12.4 Å². The third-order valence-electron chi connectivity index (χ3n) is 2.80. The Morgan fingerprint density at radius 2 is 2.14 bits per heavy atom. The molecule has 1 aromatic rings. The second-order valence-electron chi connectivity index (χ2n) is 4.23. The number of halogens is 1. The first-order valence-corrected chi connectivity index (χ1v) is 6.06. The van der Waals surface area contributed by atoms with Crippen molar-refractivity contribution in [2.24, 2.45) is 5.10 Å². The van der Waals surface area contributed by atoms with Crippen molar-refractivity contribution >= 4 is 29.2 Å². The SMILES string of the molecule is COC(=O)c1cc(F)ccc1NC(=O)C1=NNC(=O)CC1. The van der Waals surface area contributed by atoms with E-state index in [0.717, 1.165) is 19.2 Å². The minimum absolute atomic E-state index is 0.104. The molecule has 2 amide bonds. The van der Waals surface area contributed by atoms with Crippen LogP contribution in [0, 0.1) is 5.82 Å². The summed E-state index contributed by atoms with van der Waals surface area (Å²) in [5, 5.41) is 6.08. The van der Waals surface area contributed by atoms with Crippen LogP contribution in [-0.4, -0.2) is 30.6 Å². The second kappa shape index (κ2) is 6.12. The Morgan fingerprint density at radius 3 is 2.76 bits per heavy atom. The number of anilines is 1. The lowest BCUT2D eigenvalue weighted by Crippen LogP contribution is -2.33. The van der Waals surface area contributed by atoms with Gasteiger partial charge in [0.05, 0.1) is 18.4 Å². The van der Waals surface area contributed by atoms with E-state index in [1.165, 1.54) is 6.07 Å². The van der Waals surface area contributed by atoms with Crippen LogP contribution in [-0.2, 0) is 14.3 Å². The first kappa shape index (κ1) is 14.6. The molecule has 0 fully saturated rings. The highest BCUT2D eigenvalue weighted by Crippen LogP contribution is 2.18. The molecule has 1 aliphatic rings. The van der Waals surface area contributed by atoms with Crippen LogP contribution in [0.1, 0.15) is 23.2 Å². The number of nitrogens with zero attached hydrogens (tertiary/aromatic N) is 1. The largest absolute Gasteiger partial charge is 0.465 e. The van der Waals surface area contributed by atoms with Gasteiger partial charge in [-0.15, -0.1) is 0 Å². The van der Waals surface area contributed by atoms with E-state index in [-0.39, 0.29) is 35.7 Å². The van der Waals surface area contributed by atoms with Crippen LogP contribution in [0.5, 0.6) is 0 Å². The van der Waals surface area contributed by atoms with E-state index >= 15 is 0 Å². The van der Waals surface area contributed by atoms with Gasteiger partial charge in [0, 0.05) is 12.8 Å². The molecular weight excluding hydrogens is 281 g/mol. The molecule has 1 heterocycles. The van der Waals surface area contributed by atoms with Gasteiger partial charge in [-0.2, -0.15) is 5.10 Å². The molecule has 0 saturated heterocycles. The normalized spacial score (nSPS) is 14.0. The summed E-state index contributed by atoms with van der Waals surface area (Å²) in [7, 11) is 1.15. The van der Waals surface area contributed by atoms with Gasteiger partial charge in [0.15, 0.2) is 0 Å². The average Bonchev–Trinajstić information content (AvgIpc) is 2.48. The molecule has 1 aliphatic heterocycles. The van der Waals surface area contributed by atoms with Crippen molar-refractivity contribution in [3.05, 3.63) is 29.6 Å². The zero-order valence-electron chi connectivity index (χ0n) is 11.1. The maximum absolute atomic E-state index is 13.2. The number of ether oxygens (including phenoxy) is 1. The molecule has 0 bridgehead atoms. The van der Waals surface area contributed by atoms with Gasteiger partial charge in [-0.3, -0.25) is 9.59 Å². The van der Waals surface area contributed by atoms with Crippen molar-refractivity contribution in [3.8, 4) is 0 Å². The fourth-order valence-electron chi connectivity index (χ4n) is 1.74. The first-order valence-electron chi connectivity index (χ1n) is 6.06. The number of methoxy groups -OCH3 is 1. The van der Waals surface area contributed by atoms with Crippen LogP contribution in [0.15, 0.2) is 23.3 Å². The van der Waals surface area contributed by atoms with Gasteiger partial charge in [-0.1, -0.05) is 0 Å². The van der Waals surface area contributed by atoms with Crippen LogP contribution in [0.25, 0.3) is 0 Å². The van der Waals surface area contributed by atoms with Gasteiger partial charge in [-0.25, -0.2) is 14.6 Å². The first-order chi connectivity index (χ1) is 10.0. The van der Waals surface area contributed by atoms with E-state index in [1.54, 1.807) is 0 Å². The Balaban J connectivity index is 2.21.